The molecule has 10 heteroatoms. The van der Waals surface area contributed by atoms with Gasteiger partial charge in [0.2, 0.25) is 0 Å². The van der Waals surface area contributed by atoms with Gasteiger partial charge >= 0.3 is 0 Å². The third-order valence-corrected chi connectivity index (χ3v) is 6.27. The standard InChI is InChI=1S/C21H23N5O4S/c1-13-10-24-15(11-23-13)20(28)26-7-9-30-16(12-26)17-14-4-3-5-22-19(14)31-18(17)21(29)25(2)6-8-27/h3-5,10-11,16,27H,6-9,12H2,1-2H3/t16-/m0/s1. The minimum atomic E-state index is -0.476. The number of amides is 2. The van der Waals surface area contributed by atoms with Gasteiger partial charge in [0.05, 0.1) is 31.6 Å². The topological polar surface area (TPSA) is 109 Å². The molecular weight excluding hydrogens is 418 g/mol. The lowest BCUT2D eigenvalue weighted by atomic mass is 10.0. The van der Waals surface area contributed by atoms with Gasteiger partial charge in [-0.1, -0.05) is 6.07 Å². The number of carbonyl (C=O) groups excluding carboxylic acids is 2. The van der Waals surface area contributed by atoms with Gasteiger partial charge in [-0.25, -0.2) is 9.97 Å². The van der Waals surface area contributed by atoms with Gasteiger partial charge in [0.25, 0.3) is 11.8 Å². The van der Waals surface area contributed by atoms with Crippen molar-refractivity contribution in [2.45, 2.75) is 13.0 Å². The largest absolute Gasteiger partial charge is 0.395 e. The number of carbonyl (C=O) groups is 2. The first-order valence-corrected chi connectivity index (χ1v) is 10.7. The highest BCUT2D eigenvalue weighted by atomic mass is 32.1. The number of aryl methyl sites for hydroxylation is 1. The van der Waals surface area contributed by atoms with E-state index in [0.717, 1.165) is 21.5 Å². The minimum absolute atomic E-state index is 0.124. The molecule has 9 nitrogen and oxygen atoms in total. The number of thiophene rings is 1. The maximum atomic E-state index is 13.1. The molecule has 0 aromatic carbocycles. The summed E-state index contributed by atoms with van der Waals surface area (Å²) in [6, 6.07) is 3.73. The SMILES string of the molecule is Cc1cnc(C(=O)N2CCO[C@H](c3c(C(=O)N(C)CCO)sc4ncccc34)C2)cn1. The van der Waals surface area contributed by atoms with Crippen molar-refractivity contribution in [2.75, 3.05) is 39.9 Å². The van der Waals surface area contributed by atoms with Crippen molar-refractivity contribution in [2.24, 2.45) is 0 Å². The number of rotatable bonds is 5. The molecule has 0 radical (unpaired) electrons. The molecule has 0 aliphatic carbocycles. The Labute approximate surface area is 183 Å². The van der Waals surface area contributed by atoms with Gasteiger partial charge in [0.15, 0.2) is 0 Å². The number of likely N-dealkylation sites (N-methyl/N-ethyl adjacent to an activating group) is 1. The van der Waals surface area contributed by atoms with Gasteiger partial charge in [-0.15, -0.1) is 11.3 Å². The molecule has 0 unspecified atom stereocenters. The van der Waals surface area contributed by atoms with E-state index in [9.17, 15) is 14.7 Å². The Bertz CT molecular complexity index is 1100. The van der Waals surface area contributed by atoms with E-state index >= 15 is 0 Å². The number of ether oxygens (including phenoxy) is 1. The number of aromatic nitrogens is 3. The Kier molecular flexibility index (Phi) is 6.21. The van der Waals surface area contributed by atoms with E-state index in [4.69, 9.17) is 4.74 Å². The first kappa shape index (κ1) is 21.3. The van der Waals surface area contributed by atoms with Crippen molar-refractivity contribution in [1.82, 2.24) is 24.8 Å². The van der Waals surface area contributed by atoms with Gasteiger partial charge in [-0.05, 0) is 13.0 Å². The van der Waals surface area contributed by atoms with Gasteiger partial charge in [-0.3, -0.25) is 14.6 Å². The van der Waals surface area contributed by atoms with Crippen LogP contribution < -0.4 is 0 Å². The number of nitrogens with zero attached hydrogens (tertiary/aromatic N) is 5. The summed E-state index contributed by atoms with van der Waals surface area (Å²) in [4.78, 5) is 43.2. The predicted molar refractivity (Wildman–Crippen MR) is 115 cm³/mol. The van der Waals surface area contributed by atoms with Crippen molar-refractivity contribution in [3.63, 3.8) is 0 Å². The van der Waals surface area contributed by atoms with E-state index in [1.54, 1.807) is 24.3 Å². The Hall–Kier alpha value is -2.95. The molecule has 0 saturated carbocycles. The number of aliphatic hydroxyl groups is 1. The van der Waals surface area contributed by atoms with Gasteiger partial charge in [0.1, 0.15) is 21.5 Å². The van der Waals surface area contributed by atoms with Crippen LogP contribution in [0.25, 0.3) is 10.2 Å². The first-order chi connectivity index (χ1) is 15.0. The second-order valence-corrected chi connectivity index (χ2v) is 8.30. The quantitative estimate of drug-likeness (QED) is 0.642. The lowest BCUT2D eigenvalue weighted by Gasteiger charge is -2.33. The van der Waals surface area contributed by atoms with Gasteiger partial charge < -0.3 is 19.6 Å². The first-order valence-electron chi connectivity index (χ1n) is 9.93. The van der Waals surface area contributed by atoms with Gasteiger partial charge in [-0.2, -0.15) is 0 Å². The highest BCUT2D eigenvalue weighted by Crippen LogP contribution is 2.38. The fraction of sp³-hybridized carbons (Fsp3) is 0.381. The number of hydrogen-bond donors (Lipinski definition) is 1. The maximum absolute atomic E-state index is 13.1. The van der Waals surface area contributed by atoms with Crippen LogP contribution in [0.15, 0.2) is 30.7 Å². The van der Waals surface area contributed by atoms with E-state index in [1.165, 1.54) is 22.4 Å². The molecule has 4 rings (SSSR count). The molecule has 0 bridgehead atoms. The molecule has 1 aliphatic rings. The van der Waals surface area contributed by atoms with Crippen LogP contribution in [0.4, 0.5) is 0 Å². The lowest BCUT2D eigenvalue weighted by Crippen LogP contribution is -2.43. The number of aliphatic hydroxyl groups excluding tert-OH is 1. The monoisotopic (exact) mass is 441 g/mol. The second kappa shape index (κ2) is 9.04. The molecule has 1 fully saturated rings. The number of hydrogen-bond acceptors (Lipinski definition) is 8. The molecule has 1 saturated heterocycles. The molecule has 3 aromatic heterocycles. The van der Waals surface area contributed by atoms with E-state index in [0.29, 0.717) is 24.6 Å². The molecule has 31 heavy (non-hydrogen) atoms. The van der Waals surface area contributed by atoms with E-state index in [-0.39, 0.29) is 30.7 Å². The van der Waals surface area contributed by atoms with Crippen LogP contribution in [0, 0.1) is 6.92 Å². The molecule has 1 atom stereocenters. The molecular formula is C21H23N5O4S. The average molecular weight is 442 g/mol. The summed E-state index contributed by atoms with van der Waals surface area (Å²) < 4.78 is 6.03. The van der Waals surface area contributed by atoms with Crippen LogP contribution in [0.5, 0.6) is 0 Å². The Morgan fingerprint density at radius 3 is 2.90 bits per heavy atom. The van der Waals surface area contributed by atoms with Crippen molar-refractivity contribution >= 4 is 33.4 Å². The van der Waals surface area contributed by atoms with Crippen LogP contribution in [0.1, 0.15) is 37.5 Å². The summed E-state index contributed by atoms with van der Waals surface area (Å²) in [6.07, 6.45) is 4.25. The van der Waals surface area contributed by atoms with Gasteiger partial charge in [0, 0.05) is 43.5 Å². The fourth-order valence-corrected chi connectivity index (χ4v) is 4.72. The average Bonchev–Trinajstić information content (AvgIpc) is 3.18. The third kappa shape index (κ3) is 4.27. The smallest absolute Gasteiger partial charge is 0.274 e. The third-order valence-electron chi connectivity index (χ3n) is 5.16. The second-order valence-electron chi connectivity index (χ2n) is 7.30. The maximum Gasteiger partial charge on any atom is 0.274 e. The summed E-state index contributed by atoms with van der Waals surface area (Å²) in [7, 11) is 1.65. The Morgan fingerprint density at radius 2 is 2.16 bits per heavy atom. The summed E-state index contributed by atoms with van der Waals surface area (Å²) in [6.45, 7) is 2.97. The van der Waals surface area contributed by atoms with Crippen LogP contribution in [0.3, 0.4) is 0 Å². The number of pyridine rings is 1. The minimum Gasteiger partial charge on any atom is -0.395 e. The zero-order valence-corrected chi connectivity index (χ0v) is 18.1. The van der Waals surface area contributed by atoms with Crippen LogP contribution >= 0.6 is 11.3 Å². The zero-order chi connectivity index (χ0) is 22.0. The van der Waals surface area contributed by atoms with Crippen LogP contribution in [-0.2, 0) is 4.74 Å². The van der Waals surface area contributed by atoms with Crippen molar-refractivity contribution in [3.05, 3.63) is 52.6 Å². The Balaban J connectivity index is 1.67. The molecule has 1 N–H and O–H groups in total. The molecule has 162 valence electrons. The van der Waals surface area contributed by atoms with Crippen LogP contribution in [0.2, 0.25) is 0 Å². The molecule has 0 spiro atoms. The summed E-state index contributed by atoms with van der Waals surface area (Å²) >= 11 is 1.30. The normalized spacial score (nSPS) is 16.5. The summed E-state index contributed by atoms with van der Waals surface area (Å²) in [5.41, 5.74) is 1.75. The van der Waals surface area contributed by atoms with Crippen molar-refractivity contribution in [1.29, 1.82) is 0 Å². The lowest BCUT2D eigenvalue weighted by molar-refractivity contribution is -0.0225. The van der Waals surface area contributed by atoms with Crippen molar-refractivity contribution in [3.8, 4) is 0 Å². The zero-order valence-electron chi connectivity index (χ0n) is 17.3. The molecule has 1 aliphatic heterocycles. The van der Waals surface area contributed by atoms with E-state index in [2.05, 4.69) is 15.0 Å². The fourth-order valence-electron chi connectivity index (χ4n) is 3.53. The Morgan fingerprint density at radius 1 is 1.32 bits per heavy atom. The van der Waals surface area contributed by atoms with Crippen molar-refractivity contribution < 1.29 is 19.4 Å². The molecule has 2 amide bonds. The highest BCUT2D eigenvalue weighted by Gasteiger charge is 2.33. The van der Waals surface area contributed by atoms with E-state index in [1.807, 2.05) is 19.1 Å². The number of fused-ring (bicyclic) bond motifs is 1. The summed E-state index contributed by atoms with van der Waals surface area (Å²) in [5, 5.41) is 10.1. The predicted octanol–water partition coefficient (Wildman–Crippen LogP) is 1.67. The molecule has 4 heterocycles. The number of morpholine rings is 1. The van der Waals surface area contributed by atoms with Crippen LogP contribution in [-0.4, -0.2) is 81.6 Å². The molecule has 3 aromatic rings. The highest BCUT2D eigenvalue weighted by molar-refractivity contribution is 7.20. The summed E-state index contributed by atoms with van der Waals surface area (Å²) in [5.74, 6) is -0.424. The van der Waals surface area contributed by atoms with E-state index < -0.39 is 6.10 Å².